The zero-order valence-electron chi connectivity index (χ0n) is 9.45. The van der Waals surface area contributed by atoms with Crippen LogP contribution in [0.4, 0.5) is 0 Å². The van der Waals surface area contributed by atoms with E-state index in [-0.39, 0.29) is 0 Å². The summed E-state index contributed by atoms with van der Waals surface area (Å²) >= 11 is 1.97. The maximum Gasteiger partial charge on any atom is 0.0852 e. The molecule has 4 heteroatoms. The van der Waals surface area contributed by atoms with Crippen LogP contribution in [-0.2, 0) is 11.3 Å². The first kappa shape index (κ1) is 10.7. The highest BCUT2D eigenvalue weighted by molar-refractivity contribution is 7.99. The van der Waals surface area contributed by atoms with Crippen molar-refractivity contribution in [1.29, 1.82) is 0 Å². The van der Waals surface area contributed by atoms with Crippen LogP contribution in [-0.4, -0.2) is 30.0 Å². The molecule has 1 aromatic heterocycles. The summed E-state index contributed by atoms with van der Waals surface area (Å²) in [6.07, 6.45) is 4.97. The number of nitrogens with zero attached hydrogens (tertiary/aromatic N) is 1. The number of nitrogens with one attached hydrogen (secondary N) is 1. The molecule has 3 heterocycles. The van der Waals surface area contributed by atoms with Crippen molar-refractivity contribution in [2.45, 2.75) is 30.5 Å². The standard InChI is InChI=1S/C12H18N2OS/c1-5-14-9-10(8-12(14)16-7-1)11-2-3-13-4-6-15-11/h8-9,11,13H,1-7H2. The molecule has 1 fully saturated rings. The zero-order chi connectivity index (χ0) is 10.8. The average molecular weight is 238 g/mol. The second-order valence-corrected chi connectivity index (χ2v) is 5.52. The van der Waals surface area contributed by atoms with Crippen LogP contribution in [0.1, 0.15) is 24.5 Å². The van der Waals surface area contributed by atoms with Crippen LogP contribution in [0.2, 0.25) is 0 Å². The van der Waals surface area contributed by atoms with Gasteiger partial charge in [-0.25, -0.2) is 0 Å². The number of aryl methyl sites for hydroxylation is 1. The lowest BCUT2D eigenvalue weighted by Crippen LogP contribution is -2.16. The maximum absolute atomic E-state index is 5.88. The Morgan fingerprint density at radius 1 is 1.44 bits per heavy atom. The smallest absolute Gasteiger partial charge is 0.0852 e. The van der Waals surface area contributed by atoms with Gasteiger partial charge in [0.1, 0.15) is 0 Å². The van der Waals surface area contributed by atoms with Gasteiger partial charge in [-0.3, -0.25) is 0 Å². The Morgan fingerprint density at radius 3 is 3.38 bits per heavy atom. The van der Waals surface area contributed by atoms with Gasteiger partial charge < -0.3 is 14.6 Å². The summed E-state index contributed by atoms with van der Waals surface area (Å²) in [5.74, 6) is 1.26. The third-order valence-corrected chi connectivity index (χ3v) is 4.37. The predicted octanol–water partition coefficient (Wildman–Crippen LogP) is 2.03. The summed E-state index contributed by atoms with van der Waals surface area (Å²) in [6.45, 7) is 4.06. The van der Waals surface area contributed by atoms with Crippen molar-refractivity contribution in [3.63, 3.8) is 0 Å². The molecule has 1 unspecified atom stereocenters. The lowest BCUT2D eigenvalue weighted by atomic mass is 10.1. The summed E-state index contributed by atoms with van der Waals surface area (Å²) < 4.78 is 8.26. The van der Waals surface area contributed by atoms with Gasteiger partial charge in [0, 0.05) is 25.0 Å². The fourth-order valence-electron chi connectivity index (χ4n) is 2.37. The van der Waals surface area contributed by atoms with E-state index in [1.807, 2.05) is 11.8 Å². The van der Waals surface area contributed by atoms with E-state index in [1.54, 1.807) is 0 Å². The molecule has 0 amide bonds. The molecule has 1 atom stereocenters. The fraction of sp³-hybridized carbons (Fsp3) is 0.667. The first-order valence-corrected chi connectivity index (χ1v) is 7.07. The van der Waals surface area contributed by atoms with E-state index in [0.29, 0.717) is 6.10 Å². The number of thioether (sulfide) groups is 1. The second kappa shape index (κ2) is 4.82. The quantitative estimate of drug-likeness (QED) is 0.811. The third-order valence-electron chi connectivity index (χ3n) is 3.22. The van der Waals surface area contributed by atoms with Gasteiger partial charge in [-0.2, -0.15) is 0 Å². The molecule has 2 aliphatic rings. The summed E-state index contributed by atoms with van der Waals surface area (Å²) in [5.41, 5.74) is 1.37. The SMILES string of the molecule is c1c(C2CCNCCO2)cn2c1SCCC2. The summed E-state index contributed by atoms with van der Waals surface area (Å²) in [4.78, 5) is 0. The maximum atomic E-state index is 5.88. The minimum atomic E-state index is 0.300. The molecule has 2 aliphatic heterocycles. The van der Waals surface area contributed by atoms with E-state index in [1.165, 1.54) is 29.3 Å². The van der Waals surface area contributed by atoms with Crippen LogP contribution in [0.25, 0.3) is 0 Å². The summed E-state index contributed by atoms with van der Waals surface area (Å²) in [6, 6.07) is 2.32. The van der Waals surface area contributed by atoms with Crippen LogP contribution in [0.3, 0.4) is 0 Å². The van der Waals surface area contributed by atoms with E-state index < -0.39 is 0 Å². The van der Waals surface area contributed by atoms with Crippen molar-refractivity contribution >= 4 is 11.8 Å². The number of ether oxygens (including phenoxy) is 1. The largest absolute Gasteiger partial charge is 0.372 e. The van der Waals surface area contributed by atoms with Crippen molar-refractivity contribution in [2.75, 3.05) is 25.4 Å². The minimum Gasteiger partial charge on any atom is -0.372 e. The van der Waals surface area contributed by atoms with Crippen molar-refractivity contribution < 1.29 is 4.74 Å². The van der Waals surface area contributed by atoms with E-state index >= 15 is 0 Å². The first-order valence-electron chi connectivity index (χ1n) is 6.09. The lowest BCUT2D eigenvalue weighted by Gasteiger charge is -2.13. The van der Waals surface area contributed by atoms with E-state index in [0.717, 1.165) is 26.1 Å². The van der Waals surface area contributed by atoms with Gasteiger partial charge in [0.25, 0.3) is 0 Å². The molecule has 3 rings (SSSR count). The van der Waals surface area contributed by atoms with Crippen molar-refractivity contribution in [2.24, 2.45) is 0 Å². The van der Waals surface area contributed by atoms with Crippen molar-refractivity contribution in [3.05, 3.63) is 17.8 Å². The van der Waals surface area contributed by atoms with Gasteiger partial charge in [-0.15, -0.1) is 11.8 Å². The molecule has 0 spiro atoms. The van der Waals surface area contributed by atoms with Gasteiger partial charge in [-0.05, 0) is 31.0 Å². The highest BCUT2D eigenvalue weighted by Crippen LogP contribution is 2.31. The molecule has 16 heavy (non-hydrogen) atoms. The average Bonchev–Trinajstić information content (AvgIpc) is 2.56. The predicted molar refractivity (Wildman–Crippen MR) is 66.0 cm³/mol. The van der Waals surface area contributed by atoms with Crippen LogP contribution in [0.15, 0.2) is 17.3 Å². The lowest BCUT2D eigenvalue weighted by molar-refractivity contribution is 0.0644. The third kappa shape index (κ3) is 2.14. The molecule has 0 aromatic carbocycles. The zero-order valence-corrected chi connectivity index (χ0v) is 10.3. The summed E-state index contributed by atoms with van der Waals surface area (Å²) in [7, 11) is 0. The first-order chi connectivity index (χ1) is 7.93. The van der Waals surface area contributed by atoms with Crippen molar-refractivity contribution in [3.8, 4) is 0 Å². The number of aromatic nitrogens is 1. The van der Waals surface area contributed by atoms with Gasteiger partial charge >= 0.3 is 0 Å². The van der Waals surface area contributed by atoms with Gasteiger partial charge in [0.05, 0.1) is 17.7 Å². The van der Waals surface area contributed by atoms with E-state index in [9.17, 15) is 0 Å². The number of fused-ring (bicyclic) bond motifs is 1. The Labute approximate surface area is 101 Å². The number of hydrogen-bond acceptors (Lipinski definition) is 3. The Hall–Kier alpha value is -0.450. The highest BCUT2D eigenvalue weighted by Gasteiger charge is 2.19. The number of hydrogen-bond donors (Lipinski definition) is 1. The summed E-state index contributed by atoms with van der Waals surface area (Å²) in [5, 5.41) is 4.79. The molecule has 88 valence electrons. The molecule has 0 saturated carbocycles. The minimum absolute atomic E-state index is 0.300. The van der Waals surface area contributed by atoms with Crippen LogP contribution < -0.4 is 5.32 Å². The van der Waals surface area contributed by atoms with Gasteiger partial charge in [0.2, 0.25) is 0 Å². The van der Waals surface area contributed by atoms with Crippen molar-refractivity contribution in [1.82, 2.24) is 9.88 Å². The number of rotatable bonds is 1. The fourth-order valence-corrected chi connectivity index (χ4v) is 3.38. The van der Waals surface area contributed by atoms with E-state index in [4.69, 9.17) is 4.74 Å². The normalized spacial score (nSPS) is 26.1. The van der Waals surface area contributed by atoms with Crippen LogP contribution in [0.5, 0.6) is 0 Å². The molecule has 1 aromatic rings. The molecule has 1 N–H and O–H groups in total. The molecule has 0 aliphatic carbocycles. The van der Waals surface area contributed by atoms with E-state index in [2.05, 4.69) is 22.1 Å². The Kier molecular flexibility index (Phi) is 3.22. The van der Waals surface area contributed by atoms with Crippen LogP contribution >= 0.6 is 11.8 Å². The Balaban J connectivity index is 1.79. The highest BCUT2D eigenvalue weighted by atomic mass is 32.2. The molecule has 3 nitrogen and oxygen atoms in total. The second-order valence-electron chi connectivity index (χ2n) is 4.41. The monoisotopic (exact) mass is 238 g/mol. The van der Waals surface area contributed by atoms with Gasteiger partial charge in [0.15, 0.2) is 0 Å². The molecular formula is C12H18N2OS. The molecule has 0 radical (unpaired) electrons. The Morgan fingerprint density at radius 2 is 2.44 bits per heavy atom. The Bertz CT molecular complexity index is 332. The van der Waals surface area contributed by atoms with Gasteiger partial charge in [-0.1, -0.05) is 0 Å². The molecule has 0 bridgehead atoms. The molecule has 1 saturated heterocycles. The van der Waals surface area contributed by atoms with Crippen LogP contribution in [0, 0.1) is 0 Å². The topological polar surface area (TPSA) is 26.2 Å². The molecular weight excluding hydrogens is 220 g/mol.